The largest absolute Gasteiger partial charge is 0.399 e. The van der Waals surface area contributed by atoms with Crippen LogP contribution in [0.15, 0.2) is 71.8 Å². The fraction of sp³-hybridized carbons (Fsp3) is 0.217. The van der Waals surface area contributed by atoms with E-state index in [1.54, 1.807) is 11.1 Å². The molecule has 2 aliphatic rings. The molecule has 0 saturated heterocycles. The Morgan fingerprint density at radius 3 is 2.37 bits per heavy atom. The van der Waals surface area contributed by atoms with Crippen molar-refractivity contribution < 1.29 is 8.42 Å². The van der Waals surface area contributed by atoms with Gasteiger partial charge >= 0.3 is 0 Å². The molecule has 3 aromatic carbocycles. The summed E-state index contributed by atoms with van der Waals surface area (Å²) in [6.07, 6.45) is 8.09. The number of aryl methyl sites for hydroxylation is 2. The first-order valence-electron chi connectivity index (χ1n) is 9.32. The summed E-state index contributed by atoms with van der Waals surface area (Å²) in [4.78, 5) is 0. The van der Waals surface area contributed by atoms with Crippen molar-refractivity contribution in [1.82, 2.24) is 0 Å². The second-order valence-electron chi connectivity index (χ2n) is 7.13. The first-order valence-corrected chi connectivity index (χ1v) is 11.0. The van der Waals surface area contributed by atoms with Crippen LogP contribution in [0.1, 0.15) is 24.0 Å². The van der Waals surface area contributed by atoms with Gasteiger partial charge in [-0.2, -0.15) is 0 Å². The Bertz CT molecular complexity index is 1170. The van der Waals surface area contributed by atoms with Gasteiger partial charge in [-0.05, 0) is 70.5 Å². The highest BCUT2D eigenvalue weighted by atomic mass is 32.2. The molecule has 0 aromatic heterocycles. The second kappa shape index (κ2) is 7.20. The van der Waals surface area contributed by atoms with Crippen LogP contribution in [0.2, 0.25) is 0 Å². The molecular formula is C23H23NO2S. The number of sulfone groups is 1. The third-order valence-corrected chi connectivity index (χ3v) is 6.46. The summed E-state index contributed by atoms with van der Waals surface area (Å²) in [6, 6.07) is 18.0. The predicted molar refractivity (Wildman–Crippen MR) is 113 cm³/mol. The molecule has 138 valence electrons. The molecule has 1 aliphatic heterocycles. The van der Waals surface area contributed by atoms with Gasteiger partial charge in [0.05, 0.1) is 5.75 Å². The van der Waals surface area contributed by atoms with Gasteiger partial charge in [-0.25, -0.2) is 8.42 Å². The summed E-state index contributed by atoms with van der Waals surface area (Å²) in [6.45, 7) is 0. The number of fused-ring (bicyclic) bond motifs is 5. The molecule has 4 heteroatoms. The van der Waals surface area contributed by atoms with Gasteiger partial charge in [0.2, 0.25) is 0 Å². The molecule has 0 radical (unpaired) electrons. The summed E-state index contributed by atoms with van der Waals surface area (Å²) < 4.78 is 21.2. The van der Waals surface area contributed by atoms with Crippen molar-refractivity contribution in [2.24, 2.45) is 5.73 Å². The zero-order valence-corrected chi connectivity index (χ0v) is 16.0. The minimum atomic E-state index is -2.95. The van der Waals surface area contributed by atoms with Gasteiger partial charge in [0.1, 0.15) is 0 Å². The van der Waals surface area contributed by atoms with Gasteiger partial charge < -0.3 is 5.73 Å². The minimum Gasteiger partial charge on any atom is -0.399 e. The highest BCUT2D eigenvalue weighted by molar-refractivity contribution is 7.94. The fourth-order valence-corrected chi connectivity index (χ4v) is 4.76. The maximum atomic E-state index is 10.6. The van der Waals surface area contributed by atoms with Gasteiger partial charge in [-0.1, -0.05) is 48.5 Å². The lowest BCUT2D eigenvalue weighted by Crippen LogP contribution is -2.07. The van der Waals surface area contributed by atoms with E-state index in [1.165, 1.54) is 59.4 Å². The van der Waals surface area contributed by atoms with E-state index in [1.807, 2.05) is 0 Å². The van der Waals surface area contributed by atoms with Crippen molar-refractivity contribution >= 4 is 31.4 Å². The Kier molecular flexibility index (Phi) is 4.75. The third-order valence-electron chi connectivity index (χ3n) is 5.28. The summed E-state index contributed by atoms with van der Waals surface area (Å²) in [7, 11) is -2.95. The SMILES string of the molecule is NC1=CCS(=O)(=O)C=C1.c1ccc2c(c1)ccc1c3c(ccc12)CCCC3. The van der Waals surface area contributed by atoms with Crippen LogP contribution in [0.5, 0.6) is 0 Å². The molecule has 0 spiro atoms. The van der Waals surface area contributed by atoms with Gasteiger partial charge in [-0.3, -0.25) is 0 Å². The monoisotopic (exact) mass is 377 g/mol. The van der Waals surface area contributed by atoms with Crippen LogP contribution in [-0.4, -0.2) is 14.2 Å². The van der Waals surface area contributed by atoms with Gasteiger partial charge in [0, 0.05) is 11.1 Å². The molecule has 1 aliphatic carbocycles. The Balaban J connectivity index is 0.000000170. The van der Waals surface area contributed by atoms with E-state index >= 15 is 0 Å². The van der Waals surface area contributed by atoms with Crippen molar-refractivity contribution in [3.8, 4) is 0 Å². The standard InChI is InChI=1S/C18H16.C5H7NO2S/c1-3-7-15-13(5-1)9-11-18-16-8-4-2-6-14(16)10-12-17(15)18;6-5-1-3-9(7,8)4-2-5/h1,3,5,7,9-12H,2,4,6,8H2;1-3H,4,6H2. The molecule has 0 saturated carbocycles. The van der Waals surface area contributed by atoms with Crippen molar-refractivity contribution in [3.63, 3.8) is 0 Å². The van der Waals surface area contributed by atoms with Crippen molar-refractivity contribution in [2.75, 3.05) is 5.75 Å². The van der Waals surface area contributed by atoms with Gasteiger partial charge in [0.15, 0.2) is 9.84 Å². The molecule has 1 heterocycles. The summed E-state index contributed by atoms with van der Waals surface area (Å²) in [5.74, 6) is 0.0370. The average molecular weight is 378 g/mol. The number of nitrogens with two attached hydrogens (primary N) is 1. The van der Waals surface area contributed by atoms with Crippen LogP contribution in [0.4, 0.5) is 0 Å². The normalized spacial score (nSPS) is 17.7. The van der Waals surface area contributed by atoms with Crippen LogP contribution in [0, 0.1) is 0 Å². The molecular weight excluding hydrogens is 354 g/mol. The van der Waals surface area contributed by atoms with Crippen LogP contribution in [0.25, 0.3) is 21.5 Å². The van der Waals surface area contributed by atoms with Crippen LogP contribution in [-0.2, 0) is 22.7 Å². The maximum absolute atomic E-state index is 10.6. The molecule has 0 unspecified atom stereocenters. The molecule has 2 N–H and O–H groups in total. The lowest BCUT2D eigenvalue weighted by atomic mass is 9.86. The average Bonchev–Trinajstić information content (AvgIpc) is 2.70. The number of hydrogen-bond acceptors (Lipinski definition) is 3. The smallest absolute Gasteiger partial charge is 0.175 e. The number of benzene rings is 3. The first kappa shape index (κ1) is 17.8. The Labute approximate surface area is 160 Å². The predicted octanol–water partition coefficient (Wildman–Crippen LogP) is 4.64. The molecule has 5 rings (SSSR count). The lowest BCUT2D eigenvalue weighted by molar-refractivity contribution is 0.607. The number of rotatable bonds is 0. The summed E-state index contributed by atoms with van der Waals surface area (Å²) in [5.41, 5.74) is 8.96. The molecule has 3 nitrogen and oxygen atoms in total. The van der Waals surface area contributed by atoms with Crippen molar-refractivity contribution in [1.29, 1.82) is 0 Å². The third kappa shape index (κ3) is 3.76. The first-order chi connectivity index (χ1) is 13.0. The number of allylic oxidation sites excluding steroid dienone is 1. The topological polar surface area (TPSA) is 60.2 Å². The van der Waals surface area contributed by atoms with E-state index in [-0.39, 0.29) is 5.75 Å². The van der Waals surface area contributed by atoms with Gasteiger partial charge in [0.25, 0.3) is 0 Å². The Morgan fingerprint density at radius 2 is 1.59 bits per heavy atom. The van der Waals surface area contributed by atoms with Crippen LogP contribution >= 0.6 is 0 Å². The molecule has 3 aromatic rings. The van der Waals surface area contributed by atoms with E-state index < -0.39 is 9.84 Å². The highest BCUT2D eigenvalue weighted by Gasteiger charge is 2.13. The molecule has 0 bridgehead atoms. The Morgan fingerprint density at radius 1 is 0.815 bits per heavy atom. The number of hydrogen-bond donors (Lipinski definition) is 1. The highest BCUT2D eigenvalue weighted by Crippen LogP contribution is 2.33. The van der Waals surface area contributed by atoms with Crippen molar-refractivity contribution in [2.45, 2.75) is 25.7 Å². The molecule has 27 heavy (non-hydrogen) atoms. The summed E-state index contributed by atoms with van der Waals surface area (Å²) >= 11 is 0. The van der Waals surface area contributed by atoms with Crippen LogP contribution in [0.3, 0.4) is 0 Å². The van der Waals surface area contributed by atoms with E-state index in [2.05, 4.69) is 48.5 Å². The molecule has 0 fully saturated rings. The second-order valence-corrected chi connectivity index (χ2v) is 9.06. The van der Waals surface area contributed by atoms with E-state index in [4.69, 9.17) is 5.73 Å². The van der Waals surface area contributed by atoms with E-state index in [0.717, 1.165) is 5.41 Å². The molecule has 0 atom stereocenters. The van der Waals surface area contributed by atoms with E-state index in [0.29, 0.717) is 5.70 Å². The fourth-order valence-electron chi connectivity index (χ4n) is 3.86. The van der Waals surface area contributed by atoms with Crippen molar-refractivity contribution in [3.05, 3.63) is 82.9 Å². The van der Waals surface area contributed by atoms with E-state index in [9.17, 15) is 8.42 Å². The lowest BCUT2D eigenvalue weighted by Gasteiger charge is -2.18. The maximum Gasteiger partial charge on any atom is 0.175 e. The molecule has 0 amide bonds. The van der Waals surface area contributed by atoms with Crippen LogP contribution < -0.4 is 5.73 Å². The Hall–Kier alpha value is -2.59. The summed E-state index contributed by atoms with van der Waals surface area (Å²) in [5, 5.41) is 6.77. The quantitative estimate of drug-likeness (QED) is 0.581. The zero-order chi connectivity index (χ0) is 18.9. The van der Waals surface area contributed by atoms with Gasteiger partial charge in [-0.15, -0.1) is 0 Å². The zero-order valence-electron chi connectivity index (χ0n) is 15.2. The minimum absolute atomic E-state index is 0.0370.